The number of fused-ring (bicyclic) bond motifs is 1. The number of carboxylic acid groups (broad SMARTS) is 1. The van der Waals surface area contributed by atoms with Crippen molar-refractivity contribution in [2.24, 2.45) is 0 Å². The predicted octanol–water partition coefficient (Wildman–Crippen LogP) is -2.12. The Hall–Kier alpha value is -1.29. The van der Waals surface area contributed by atoms with Gasteiger partial charge in [0.05, 0.1) is 6.04 Å². The summed E-state index contributed by atoms with van der Waals surface area (Å²) in [5, 5.41) is 10.3. The van der Waals surface area contributed by atoms with Gasteiger partial charge in [-0.3, -0.25) is 9.59 Å². The summed E-state index contributed by atoms with van der Waals surface area (Å²) in [6, 6.07) is -1.19. The average molecular weight is 308 g/mol. The smallest absolute Gasteiger partial charge is 0.337 e. The van der Waals surface area contributed by atoms with E-state index < -0.39 is 44.8 Å². The third kappa shape index (κ3) is 2.68. The summed E-state index contributed by atoms with van der Waals surface area (Å²) in [7, 11) is -3.45. The zero-order valence-corrected chi connectivity index (χ0v) is 11.5. The SMILES string of the molecule is CS(=O)(=O)CC(=O)NC1C(=O)N2C(C(=O)O)SCC12. The number of sulfone groups is 1. The Balaban J connectivity index is 1.97. The van der Waals surface area contributed by atoms with E-state index in [1.807, 2.05) is 0 Å². The minimum atomic E-state index is -3.45. The second-order valence-corrected chi connectivity index (χ2v) is 7.71. The standard InChI is InChI=1S/C9H12N2O6S2/c1-19(16,17)3-5(12)10-6-4-2-18-8(9(14)15)11(4)7(6)13/h4,6,8H,2-3H2,1H3,(H,10,12)(H,14,15). The number of carbonyl (C=O) groups excluding carboxylic acids is 2. The second-order valence-electron chi connectivity index (χ2n) is 4.45. The van der Waals surface area contributed by atoms with Gasteiger partial charge in [-0.25, -0.2) is 13.2 Å². The zero-order chi connectivity index (χ0) is 14.4. The van der Waals surface area contributed by atoms with Crippen molar-refractivity contribution < 1.29 is 27.9 Å². The van der Waals surface area contributed by atoms with E-state index in [0.29, 0.717) is 5.75 Å². The van der Waals surface area contributed by atoms with E-state index in [1.54, 1.807) is 0 Å². The first kappa shape index (κ1) is 14.1. The minimum absolute atomic E-state index is 0.373. The first-order chi connectivity index (χ1) is 8.70. The molecule has 2 aliphatic heterocycles. The molecule has 0 saturated carbocycles. The van der Waals surface area contributed by atoms with Crippen LogP contribution in [-0.2, 0) is 24.2 Å². The third-order valence-electron chi connectivity index (χ3n) is 2.86. The van der Waals surface area contributed by atoms with Crippen molar-refractivity contribution in [1.82, 2.24) is 10.2 Å². The molecule has 0 radical (unpaired) electrons. The van der Waals surface area contributed by atoms with Gasteiger partial charge in [-0.2, -0.15) is 0 Å². The molecular formula is C9H12N2O6S2. The number of hydrogen-bond acceptors (Lipinski definition) is 6. The summed E-state index contributed by atoms with van der Waals surface area (Å²) < 4.78 is 21.9. The molecule has 0 aromatic rings. The highest BCUT2D eigenvalue weighted by Crippen LogP contribution is 2.38. The monoisotopic (exact) mass is 308 g/mol. The molecule has 10 heteroatoms. The van der Waals surface area contributed by atoms with Crippen LogP contribution in [0.15, 0.2) is 0 Å². The Morgan fingerprint density at radius 3 is 2.68 bits per heavy atom. The molecule has 0 bridgehead atoms. The first-order valence-electron chi connectivity index (χ1n) is 5.34. The lowest BCUT2D eigenvalue weighted by Crippen LogP contribution is -2.71. The van der Waals surface area contributed by atoms with Gasteiger partial charge in [0.25, 0.3) is 0 Å². The van der Waals surface area contributed by atoms with Crippen molar-refractivity contribution in [2.75, 3.05) is 17.8 Å². The maximum Gasteiger partial charge on any atom is 0.337 e. The highest BCUT2D eigenvalue weighted by Gasteiger charge is 2.57. The summed E-state index contributed by atoms with van der Waals surface area (Å²) in [6.45, 7) is 0. The number of amides is 2. The van der Waals surface area contributed by atoms with Crippen LogP contribution in [0, 0.1) is 0 Å². The fourth-order valence-corrected chi connectivity index (χ4v) is 3.96. The van der Waals surface area contributed by atoms with Crippen LogP contribution in [0.1, 0.15) is 0 Å². The summed E-state index contributed by atoms with van der Waals surface area (Å²) >= 11 is 1.11. The maximum absolute atomic E-state index is 11.7. The molecule has 106 valence electrons. The molecular weight excluding hydrogens is 296 g/mol. The Morgan fingerprint density at radius 1 is 1.53 bits per heavy atom. The quantitative estimate of drug-likeness (QED) is 0.570. The number of thioether (sulfide) groups is 1. The van der Waals surface area contributed by atoms with Gasteiger partial charge in [0.2, 0.25) is 11.8 Å². The van der Waals surface area contributed by atoms with E-state index in [1.165, 1.54) is 4.90 Å². The molecule has 2 N–H and O–H groups in total. The molecule has 0 spiro atoms. The fraction of sp³-hybridized carbons (Fsp3) is 0.667. The predicted molar refractivity (Wildman–Crippen MR) is 66.2 cm³/mol. The van der Waals surface area contributed by atoms with Gasteiger partial charge >= 0.3 is 5.97 Å². The molecule has 19 heavy (non-hydrogen) atoms. The van der Waals surface area contributed by atoms with Gasteiger partial charge in [-0.15, -0.1) is 11.8 Å². The number of nitrogens with one attached hydrogen (secondary N) is 1. The minimum Gasteiger partial charge on any atom is -0.479 e. The van der Waals surface area contributed by atoms with Crippen LogP contribution in [-0.4, -0.2) is 71.4 Å². The number of carbonyl (C=O) groups is 3. The Bertz CT molecular complexity index is 545. The van der Waals surface area contributed by atoms with Crippen LogP contribution in [0.3, 0.4) is 0 Å². The number of rotatable bonds is 4. The third-order valence-corrected chi connectivity index (χ3v) is 4.93. The molecule has 2 rings (SSSR count). The van der Waals surface area contributed by atoms with E-state index in [-0.39, 0.29) is 6.04 Å². The first-order valence-corrected chi connectivity index (χ1v) is 8.45. The van der Waals surface area contributed by atoms with Crippen molar-refractivity contribution in [1.29, 1.82) is 0 Å². The van der Waals surface area contributed by atoms with E-state index in [2.05, 4.69) is 5.32 Å². The lowest BCUT2D eigenvalue weighted by Gasteiger charge is -2.43. The van der Waals surface area contributed by atoms with Gasteiger partial charge in [-0.05, 0) is 0 Å². The van der Waals surface area contributed by atoms with Gasteiger partial charge in [0, 0.05) is 12.0 Å². The van der Waals surface area contributed by atoms with Crippen LogP contribution < -0.4 is 5.32 Å². The van der Waals surface area contributed by atoms with Crippen LogP contribution in [0.4, 0.5) is 0 Å². The molecule has 2 saturated heterocycles. The average Bonchev–Trinajstić information content (AvgIpc) is 2.63. The van der Waals surface area contributed by atoms with Crippen molar-refractivity contribution in [3.8, 4) is 0 Å². The molecule has 3 atom stereocenters. The highest BCUT2D eigenvalue weighted by atomic mass is 32.2. The Kier molecular flexibility index (Phi) is 3.47. The number of nitrogens with zero attached hydrogens (tertiary/aromatic N) is 1. The fourth-order valence-electron chi connectivity index (χ4n) is 2.10. The normalized spacial score (nSPS) is 29.6. The summed E-state index contributed by atoms with van der Waals surface area (Å²) in [5.74, 6) is -2.60. The Labute approximate surface area is 113 Å². The summed E-state index contributed by atoms with van der Waals surface area (Å²) in [6.07, 6.45) is 0.924. The van der Waals surface area contributed by atoms with Crippen molar-refractivity contribution in [3.63, 3.8) is 0 Å². The number of aliphatic carboxylic acids is 1. The molecule has 3 unspecified atom stereocenters. The van der Waals surface area contributed by atoms with Crippen molar-refractivity contribution in [3.05, 3.63) is 0 Å². The molecule has 2 heterocycles. The molecule has 2 aliphatic rings. The highest BCUT2D eigenvalue weighted by molar-refractivity contribution is 8.00. The van der Waals surface area contributed by atoms with Crippen molar-refractivity contribution in [2.45, 2.75) is 17.5 Å². The van der Waals surface area contributed by atoms with E-state index >= 15 is 0 Å². The number of carboxylic acids is 1. The topological polar surface area (TPSA) is 121 Å². The number of hydrogen-bond donors (Lipinski definition) is 2. The number of β-lactam (4-membered cyclic amide) rings is 1. The largest absolute Gasteiger partial charge is 0.479 e. The molecule has 0 aliphatic carbocycles. The lowest BCUT2D eigenvalue weighted by molar-refractivity contribution is -0.159. The molecule has 0 aromatic carbocycles. The maximum atomic E-state index is 11.7. The van der Waals surface area contributed by atoms with Crippen molar-refractivity contribution >= 4 is 39.4 Å². The van der Waals surface area contributed by atoms with Gasteiger partial charge in [0.15, 0.2) is 15.2 Å². The Morgan fingerprint density at radius 2 is 2.16 bits per heavy atom. The molecule has 8 nitrogen and oxygen atoms in total. The van der Waals surface area contributed by atoms with Crippen LogP contribution in [0.5, 0.6) is 0 Å². The second kappa shape index (κ2) is 4.67. The van der Waals surface area contributed by atoms with Crippen LogP contribution in [0.2, 0.25) is 0 Å². The van der Waals surface area contributed by atoms with Gasteiger partial charge < -0.3 is 15.3 Å². The van der Waals surface area contributed by atoms with Crippen LogP contribution >= 0.6 is 11.8 Å². The van der Waals surface area contributed by atoms with Crippen LogP contribution in [0.25, 0.3) is 0 Å². The van der Waals surface area contributed by atoms with E-state index in [4.69, 9.17) is 5.11 Å². The summed E-state index contributed by atoms with van der Waals surface area (Å²) in [5.41, 5.74) is 0. The summed E-state index contributed by atoms with van der Waals surface area (Å²) in [4.78, 5) is 35.3. The zero-order valence-electron chi connectivity index (χ0n) is 9.90. The van der Waals surface area contributed by atoms with E-state index in [0.717, 1.165) is 18.0 Å². The molecule has 2 amide bonds. The molecule has 2 fully saturated rings. The van der Waals surface area contributed by atoms with Gasteiger partial charge in [0.1, 0.15) is 11.8 Å². The van der Waals surface area contributed by atoms with Gasteiger partial charge in [-0.1, -0.05) is 0 Å². The molecule has 0 aromatic heterocycles. The van der Waals surface area contributed by atoms with E-state index in [9.17, 15) is 22.8 Å². The lowest BCUT2D eigenvalue weighted by atomic mass is 9.97.